The molecule has 0 saturated carbocycles. The number of nitrogens with one attached hydrogen (secondary N) is 1. The summed E-state index contributed by atoms with van der Waals surface area (Å²) in [6.45, 7) is 4.85. The molecule has 0 unspecified atom stereocenters. The van der Waals surface area contributed by atoms with Crippen LogP contribution in [-0.2, 0) is 0 Å². The molecular weight excluding hydrogens is 266 g/mol. The molecule has 1 N–H and O–H groups in total. The second kappa shape index (κ2) is 7.05. The third-order valence-electron chi connectivity index (χ3n) is 2.85. The Bertz CT molecular complexity index is 389. The van der Waals surface area contributed by atoms with Crippen LogP contribution in [0.15, 0.2) is 29.2 Å². The molecule has 100 valence electrons. The number of benzene rings is 1. The van der Waals surface area contributed by atoms with Crippen LogP contribution in [0.3, 0.4) is 0 Å². The number of carbonyl (C=O) groups excluding carboxylic acids is 1. The molecule has 0 aliphatic rings. The Morgan fingerprint density at radius 2 is 1.94 bits per heavy atom. The van der Waals surface area contributed by atoms with Crippen molar-refractivity contribution in [2.75, 3.05) is 18.7 Å². The fourth-order valence-corrected chi connectivity index (χ4v) is 2.43. The summed E-state index contributed by atoms with van der Waals surface area (Å²) < 4.78 is 0. The summed E-state index contributed by atoms with van der Waals surface area (Å²) in [7, 11) is 0. The summed E-state index contributed by atoms with van der Waals surface area (Å²) in [6, 6.07) is 7.64. The van der Waals surface area contributed by atoms with Gasteiger partial charge < -0.3 is 5.32 Å². The highest BCUT2D eigenvalue weighted by molar-refractivity contribution is 7.98. The Hall–Kier alpha value is -0.670. The first-order valence-electron chi connectivity index (χ1n) is 5.97. The van der Waals surface area contributed by atoms with Gasteiger partial charge in [0.25, 0.3) is 5.91 Å². The molecular formula is C14H20ClNOS. The van der Waals surface area contributed by atoms with Gasteiger partial charge in [-0.15, -0.1) is 23.4 Å². The highest BCUT2D eigenvalue weighted by Crippen LogP contribution is 2.20. The summed E-state index contributed by atoms with van der Waals surface area (Å²) >= 11 is 7.40. The van der Waals surface area contributed by atoms with E-state index in [9.17, 15) is 4.79 Å². The summed E-state index contributed by atoms with van der Waals surface area (Å²) in [5.41, 5.74) is 0.742. The van der Waals surface area contributed by atoms with Crippen molar-refractivity contribution in [2.24, 2.45) is 5.41 Å². The number of rotatable bonds is 6. The molecule has 0 saturated heterocycles. The van der Waals surface area contributed by atoms with Crippen LogP contribution >= 0.6 is 23.4 Å². The van der Waals surface area contributed by atoms with Crippen LogP contribution in [0.1, 0.15) is 30.6 Å². The van der Waals surface area contributed by atoms with Crippen LogP contribution in [-0.4, -0.2) is 24.6 Å². The van der Waals surface area contributed by atoms with Crippen molar-refractivity contribution in [3.8, 4) is 0 Å². The molecule has 1 aromatic carbocycles. The van der Waals surface area contributed by atoms with E-state index in [2.05, 4.69) is 19.2 Å². The Morgan fingerprint density at radius 3 is 2.44 bits per heavy atom. The Morgan fingerprint density at radius 1 is 1.33 bits per heavy atom. The lowest BCUT2D eigenvalue weighted by molar-refractivity contribution is 0.0936. The van der Waals surface area contributed by atoms with Gasteiger partial charge in [-0.3, -0.25) is 4.79 Å². The van der Waals surface area contributed by atoms with Crippen molar-refractivity contribution in [3.63, 3.8) is 0 Å². The molecule has 0 aliphatic carbocycles. The zero-order valence-electron chi connectivity index (χ0n) is 11.1. The van der Waals surface area contributed by atoms with Gasteiger partial charge in [-0.2, -0.15) is 0 Å². The average Bonchev–Trinajstić information content (AvgIpc) is 2.36. The second-order valence-electron chi connectivity index (χ2n) is 5.01. The summed E-state index contributed by atoms with van der Waals surface area (Å²) in [4.78, 5) is 13.1. The zero-order valence-corrected chi connectivity index (χ0v) is 12.7. The standard InChI is InChI=1S/C14H20ClNOS/c1-14(2,8-9-15)10-16-13(17)11-4-6-12(18-3)7-5-11/h4-7H,8-10H2,1-3H3,(H,16,17). The molecule has 0 atom stereocenters. The maximum absolute atomic E-state index is 11.9. The van der Waals surface area contributed by atoms with Crippen molar-refractivity contribution in [2.45, 2.75) is 25.2 Å². The van der Waals surface area contributed by atoms with Crippen molar-refractivity contribution >= 4 is 29.3 Å². The molecule has 2 nitrogen and oxygen atoms in total. The largest absolute Gasteiger partial charge is 0.352 e. The van der Waals surface area contributed by atoms with Gasteiger partial charge in [0.2, 0.25) is 0 Å². The minimum atomic E-state index is -0.0229. The van der Waals surface area contributed by atoms with E-state index in [1.54, 1.807) is 11.8 Å². The molecule has 4 heteroatoms. The Labute approximate surface area is 118 Å². The zero-order chi connectivity index (χ0) is 13.6. The summed E-state index contributed by atoms with van der Waals surface area (Å²) in [6.07, 6.45) is 2.91. The van der Waals surface area contributed by atoms with Crippen molar-refractivity contribution < 1.29 is 4.79 Å². The second-order valence-corrected chi connectivity index (χ2v) is 6.27. The molecule has 0 fully saturated rings. The van der Waals surface area contributed by atoms with E-state index in [1.165, 1.54) is 0 Å². The van der Waals surface area contributed by atoms with Crippen LogP contribution in [0.5, 0.6) is 0 Å². The predicted octanol–water partition coefficient (Wildman–Crippen LogP) is 3.79. The first-order valence-corrected chi connectivity index (χ1v) is 7.73. The fourth-order valence-electron chi connectivity index (χ4n) is 1.51. The van der Waals surface area contributed by atoms with Gasteiger partial charge in [0, 0.05) is 22.9 Å². The van der Waals surface area contributed by atoms with Crippen molar-refractivity contribution in [1.29, 1.82) is 0 Å². The topological polar surface area (TPSA) is 29.1 Å². The molecule has 1 amide bonds. The number of halogens is 1. The average molecular weight is 286 g/mol. The molecule has 0 spiro atoms. The Balaban J connectivity index is 2.54. The molecule has 18 heavy (non-hydrogen) atoms. The number of thioether (sulfide) groups is 1. The van der Waals surface area contributed by atoms with Gasteiger partial charge in [0.05, 0.1) is 0 Å². The van der Waals surface area contributed by atoms with E-state index in [1.807, 2.05) is 30.5 Å². The van der Waals surface area contributed by atoms with Crippen LogP contribution in [0.2, 0.25) is 0 Å². The number of amides is 1. The molecule has 0 heterocycles. The number of alkyl halides is 1. The van der Waals surface area contributed by atoms with E-state index >= 15 is 0 Å². The number of carbonyl (C=O) groups is 1. The number of hydrogen-bond acceptors (Lipinski definition) is 2. The molecule has 0 aliphatic heterocycles. The minimum Gasteiger partial charge on any atom is -0.352 e. The summed E-state index contributed by atoms with van der Waals surface area (Å²) in [5, 5.41) is 2.96. The first kappa shape index (κ1) is 15.4. The lowest BCUT2D eigenvalue weighted by atomic mass is 9.90. The van der Waals surface area contributed by atoms with E-state index in [0.29, 0.717) is 18.0 Å². The maximum Gasteiger partial charge on any atom is 0.251 e. The van der Waals surface area contributed by atoms with Crippen molar-refractivity contribution in [1.82, 2.24) is 5.32 Å². The summed E-state index contributed by atoms with van der Waals surface area (Å²) in [5.74, 6) is 0.593. The minimum absolute atomic E-state index is 0.0229. The first-order chi connectivity index (χ1) is 8.48. The molecule has 0 bridgehead atoms. The van der Waals surface area contributed by atoms with Crippen LogP contribution in [0.4, 0.5) is 0 Å². The maximum atomic E-state index is 11.9. The van der Waals surface area contributed by atoms with Gasteiger partial charge in [-0.05, 0) is 42.4 Å². The third-order valence-corrected chi connectivity index (χ3v) is 3.78. The van der Waals surface area contributed by atoms with E-state index < -0.39 is 0 Å². The molecule has 0 radical (unpaired) electrons. The smallest absolute Gasteiger partial charge is 0.251 e. The molecule has 1 rings (SSSR count). The van der Waals surface area contributed by atoms with E-state index in [-0.39, 0.29) is 11.3 Å². The van der Waals surface area contributed by atoms with Gasteiger partial charge in [0.15, 0.2) is 0 Å². The highest BCUT2D eigenvalue weighted by atomic mass is 35.5. The fraction of sp³-hybridized carbons (Fsp3) is 0.500. The molecule has 1 aromatic rings. The monoisotopic (exact) mass is 285 g/mol. The van der Waals surface area contributed by atoms with Crippen LogP contribution in [0.25, 0.3) is 0 Å². The van der Waals surface area contributed by atoms with Crippen molar-refractivity contribution in [3.05, 3.63) is 29.8 Å². The predicted molar refractivity (Wildman–Crippen MR) is 79.7 cm³/mol. The number of hydrogen-bond donors (Lipinski definition) is 1. The Kier molecular flexibility index (Phi) is 6.03. The van der Waals surface area contributed by atoms with Gasteiger partial charge in [0.1, 0.15) is 0 Å². The van der Waals surface area contributed by atoms with Gasteiger partial charge >= 0.3 is 0 Å². The van der Waals surface area contributed by atoms with E-state index in [4.69, 9.17) is 11.6 Å². The molecule has 0 aromatic heterocycles. The van der Waals surface area contributed by atoms with Gasteiger partial charge in [-0.25, -0.2) is 0 Å². The lowest BCUT2D eigenvalue weighted by Gasteiger charge is -2.23. The lowest BCUT2D eigenvalue weighted by Crippen LogP contribution is -2.34. The van der Waals surface area contributed by atoms with Crippen LogP contribution < -0.4 is 5.32 Å². The normalized spacial score (nSPS) is 11.3. The van der Waals surface area contributed by atoms with Crippen LogP contribution in [0, 0.1) is 5.41 Å². The highest BCUT2D eigenvalue weighted by Gasteiger charge is 2.18. The van der Waals surface area contributed by atoms with Gasteiger partial charge in [-0.1, -0.05) is 13.8 Å². The quantitative estimate of drug-likeness (QED) is 0.636. The SMILES string of the molecule is CSc1ccc(C(=O)NCC(C)(C)CCCl)cc1. The third kappa shape index (κ3) is 4.91. The van der Waals surface area contributed by atoms with E-state index in [0.717, 1.165) is 11.3 Å².